The number of pyridine rings is 2. The maximum absolute atomic E-state index is 14.1. The van der Waals surface area contributed by atoms with Crippen molar-refractivity contribution in [3.8, 4) is 5.88 Å². The summed E-state index contributed by atoms with van der Waals surface area (Å²) < 4.78 is 13.6. The lowest BCUT2D eigenvalue weighted by molar-refractivity contribution is -0.0612. The molecule has 10 nitrogen and oxygen atoms in total. The highest BCUT2D eigenvalue weighted by Crippen LogP contribution is 2.45. The molecule has 3 aliphatic heterocycles. The van der Waals surface area contributed by atoms with Gasteiger partial charge in [-0.3, -0.25) is 19.6 Å². The van der Waals surface area contributed by atoms with Gasteiger partial charge in [0.15, 0.2) is 0 Å². The molecule has 4 aliphatic rings. The van der Waals surface area contributed by atoms with Crippen molar-refractivity contribution in [3.05, 3.63) is 58.4 Å². The van der Waals surface area contributed by atoms with Crippen molar-refractivity contribution in [2.75, 3.05) is 37.8 Å². The monoisotopic (exact) mass is 557 g/mol. The smallest absolute Gasteiger partial charge is 0.260 e. The van der Waals surface area contributed by atoms with Gasteiger partial charge in [0.25, 0.3) is 5.91 Å². The molecule has 1 saturated carbocycles. The molecule has 10 heteroatoms. The quantitative estimate of drug-likeness (QED) is 0.392. The summed E-state index contributed by atoms with van der Waals surface area (Å²) in [5, 5.41) is 8.39. The van der Waals surface area contributed by atoms with Gasteiger partial charge in [-0.05, 0) is 62.8 Å². The maximum atomic E-state index is 14.1. The van der Waals surface area contributed by atoms with Crippen LogP contribution < -0.4 is 9.64 Å². The number of piperidine rings is 1. The number of rotatable bonds is 9. The molecule has 1 atom stereocenters. The van der Waals surface area contributed by atoms with Crippen molar-refractivity contribution < 1.29 is 14.3 Å². The topological polar surface area (TPSA) is 98.5 Å². The number of hydrogen-bond donors (Lipinski definition) is 0. The third kappa shape index (κ3) is 5.01. The third-order valence-electron chi connectivity index (χ3n) is 9.12. The van der Waals surface area contributed by atoms with E-state index in [1.165, 1.54) is 12.8 Å². The minimum absolute atomic E-state index is 0.00290. The van der Waals surface area contributed by atoms with Crippen LogP contribution in [0.25, 0.3) is 0 Å². The first-order valence-electron chi connectivity index (χ1n) is 15.1. The van der Waals surface area contributed by atoms with Crippen LogP contribution in [0.15, 0.2) is 24.5 Å². The summed E-state index contributed by atoms with van der Waals surface area (Å²) in [6, 6.07) is 6.09. The summed E-state index contributed by atoms with van der Waals surface area (Å²) in [6.45, 7) is 9.38. The highest BCUT2D eigenvalue weighted by molar-refractivity contribution is 6.10. The summed E-state index contributed by atoms with van der Waals surface area (Å²) in [7, 11) is 1.96. The SMILES string of the molecule is CCOc1cc(C2(Cc3nncn3C)COC2)cc(N2Cc3c(cc(CN4CCC[C@H](C)C4)nc3C3CC3)C2=O)n1. The van der Waals surface area contributed by atoms with Gasteiger partial charge in [0.2, 0.25) is 5.88 Å². The average molecular weight is 558 g/mol. The van der Waals surface area contributed by atoms with Crippen molar-refractivity contribution in [3.63, 3.8) is 0 Å². The molecule has 0 aromatic carbocycles. The highest BCUT2D eigenvalue weighted by Gasteiger charge is 2.44. The van der Waals surface area contributed by atoms with Gasteiger partial charge in [0, 0.05) is 60.8 Å². The second-order valence-electron chi connectivity index (χ2n) is 12.5. The van der Waals surface area contributed by atoms with E-state index in [2.05, 4.69) is 22.0 Å². The van der Waals surface area contributed by atoms with Gasteiger partial charge in [0.1, 0.15) is 18.0 Å². The van der Waals surface area contributed by atoms with E-state index >= 15 is 0 Å². The predicted octanol–water partition coefficient (Wildman–Crippen LogP) is 3.78. The zero-order valence-electron chi connectivity index (χ0n) is 24.3. The molecule has 0 spiro atoms. The molecule has 3 aromatic heterocycles. The Bertz CT molecular complexity index is 1460. The van der Waals surface area contributed by atoms with E-state index in [0.29, 0.717) is 56.3 Å². The summed E-state index contributed by atoms with van der Waals surface area (Å²) in [4.78, 5) is 28.4. The number of aryl methyl sites for hydroxylation is 1. The number of amides is 1. The van der Waals surface area contributed by atoms with Crippen LogP contribution in [0.1, 0.15) is 84.1 Å². The van der Waals surface area contributed by atoms with Crippen LogP contribution in [-0.2, 0) is 36.7 Å². The van der Waals surface area contributed by atoms with Crippen LogP contribution >= 0.6 is 0 Å². The second-order valence-corrected chi connectivity index (χ2v) is 12.5. The predicted molar refractivity (Wildman–Crippen MR) is 153 cm³/mol. The Balaban J connectivity index is 1.22. The number of aromatic nitrogens is 5. The Hall–Kier alpha value is -3.37. The van der Waals surface area contributed by atoms with E-state index in [1.54, 1.807) is 6.33 Å². The van der Waals surface area contributed by atoms with Crippen LogP contribution in [0.5, 0.6) is 5.88 Å². The number of nitrogens with zero attached hydrogens (tertiary/aromatic N) is 7. The molecule has 3 fully saturated rings. The minimum atomic E-state index is -0.278. The summed E-state index contributed by atoms with van der Waals surface area (Å²) in [6.07, 6.45) is 7.20. The lowest BCUT2D eigenvalue weighted by Crippen LogP contribution is -2.49. The van der Waals surface area contributed by atoms with Crippen molar-refractivity contribution in [1.29, 1.82) is 0 Å². The largest absolute Gasteiger partial charge is 0.478 e. The highest BCUT2D eigenvalue weighted by atomic mass is 16.5. The van der Waals surface area contributed by atoms with Crippen LogP contribution in [0.3, 0.4) is 0 Å². The molecule has 3 aromatic rings. The zero-order valence-corrected chi connectivity index (χ0v) is 24.3. The zero-order chi connectivity index (χ0) is 28.1. The molecule has 7 rings (SSSR count). The van der Waals surface area contributed by atoms with E-state index < -0.39 is 0 Å². The average Bonchev–Trinajstić information content (AvgIpc) is 3.62. The van der Waals surface area contributed by atoms with Crippen LogP contribution in [0.2, 0.25) is 0 Å². The van der Waals surface area contributed by atoms with Gasteiger partial charge in [-0.25, -0.2) is 0 Å². The molecule has 1 aliphatic carbocycles. The lowest BCUT2D eigenvalue weighted by atomic mass is 9.75. The Morgan fingerprint density at radius 2 is 2.00 bits per heavy atom. The minimum Gasteiger partial charge on any atom is -0.478 e. The molecule has 216 valence electrons. The number of fused-ring (bicyclic) bond motifs is 1. The van der Waals surface area contributed by atoms with Crippen molar-refractivity contribution in [1.82, 2.24) is 29.6 Å². The summed E-state index contributed by atoms with van der Waals surface area (Å²) in [5.74, 6) is 3.19. The number of carbonyl (C=O) groups is 1. The van der Waals surface area contributed by atoms with Crippen molar-refractivity contribution >= 4 is 11.7 Å². The number of anilines is 1. The third-order valence-corrected chi connectivity index (χ3v) is 9.12. The molecule has 6 heterocycles. The molecular formula is C31H39N7O3. The van der Waals surface area contributed by atoms with E-state index in [4.69, 9.17) is 19.4 Å². The molecule has 0 radical (unpaired) electrons. The van der Waals surface area contributed by atoms with Crippen LogP contribution in [-0.4, -0.2) is 68.4 Å². The maximum Gasteiger partial charge on any atom is 0.260 e. The first kappa shape index (κ1) is 26.5. The second kappa shape index (κ2) is 10.5. The van der Waals surface area contributed by atoms with Crippen molar-refractivity contribution in [2.24, 2.45) is 13.0 Å². The Morgan fingerprint density at radius 3 is 2.68 bits per heavy atom. The fraction of sp³-hybridized carbons (Fsp3) is 0.581. The molecule has 41 heavy (non-hydrogen) atoms. The van der Waals surface area contributed by atoms with Crippen LogP contribution in [0, 0.1) is 5.92 Å². The molecular weight excluding hydrogens is 518 g/mol. The van der Waals surface area contributed by atoms with Gasteiger partial charge >= 0.3 is 0 Å². The molecule has 1 amide bonds. The standard InChI is InChI=1S/C31H39N7O3/c1-4-41-28-11-22(31(17-40-18-31)13-27-35-32-19-36(27)3)10-26(34-28)38-16-25-24(30(38)39)12-23(33-29(25)21-7-8-21)15-37-9-5-6-20(2)14-37/h10-12,19-21H,4-9,13-18H2,1-3H3/t20-/m0/s1. The van der Waals surface area contributed by atoms with Gasteiger partial charge in [-0.15, -0.1) is 10.2 Å². The van der Waals surface area contributed by atoms with E-state index in [1.807, 2.05) is 41.6 Å². The summed E-state index contributed by atoms with van der Waals surface area (Å²) >= 11 is 0. The van der Waals surface area contributed by atoms with Gasteiger partial charge in [-0.1, -0.05) is 6.92 Å². The first-order chi connectivity index (χ1) is 19.9. The van der Waals surface area contributed by atoms with E-state index in [-0.39, 0.29) is 11.3 Å². The van der Waals surface area contributed by atoms with Gasteiger partial charge in [0.05, 0.1) is 32.1 Å². The Morgan fingerprint density at radius 1 is 1.15 bits per heavy atom. The Kier molecular flexibility index (Phi) is 6.78. The molecule has 2 saturated heterocycles. The van der Waals surface area contributed by atoms with Gasteiger partial charge < -0.3 is 14.0 Å². The normalized spacial score (nSPS) is 22.1. The number of likely N-dealkylation sites (tertiary alicyclic amines) is 1. The number of carbonyl (C=O) groups excluding carboxylic acids is 1. The fourth-order valence-electron chi connectivity index (χ4n) is 6.64. The van der Waals surface area contributed by atoms with E-state index in [0.717, 1.165) is 66.4 Å². The molecule has 0 N–H and O–H groups in total. The van der Waals surface area contributed by atoms with Crippen molar-refractivity contribution in [2.45, 2.75) is 70.4 Å². The number of hydrogen-bond acceptors (Lipinski definition) is 8. The summed E-state index contributed by atoms with van der Waals surface area (Å²) in [5.41, 5.74) is 4.75. The van der Waals surface area contributed by atoms with E-state index in [9.17, 15) is 4.79 Å². The molecule has 0 unspecified atom stereocenters. The van der Waals surface area contributed by atoms with Gasteiger partial charge in [-0.2, -0.15) is 4.98 Å². The Labute approximate surface area is 241 Å². The first-order valence-corrected chi connectivity index (χ1v) is 15.1. The number of ether oxygens (including phenoxy) is 2. The fourth-order valence-corrected chi connectivity index (χ4v) is 6.64. The van der Waals surface area contributed by atoms with Crippen LogP contribution in [0.4, 0.5) is 5.82 Å². The molecule has 0 bridgehead atoms. The lowest BCUT2D eigenvalue weighted by Gasteiger charge is -2.42.